The highest BCUT2D eigenvalue weighted by Gasteiger charge is 2.21. The third-order valence-electron chi connectivity index (χ3n) is 4.07. The molecule has 0 aliphatic rings. The summed E-state index contributed by atoms with van der Waals surface area (Å²) in [5, 5.41) is 11.7. The number of hydrogen-bond donors (Lipinski definition) is 1. The highest BCUT2D eigenvalue weighted by Crippen LogP contribution is 2.21. The predicted octanol–water partition coefficient (Wildman–Crippen LogP) is 5.32. The van der Waals surface area contributed by atoms with Crippen LogP contribution in [0.3, 0.4) is 0 Å². The highest BCUT2D eigenvalue weighted by atomic mass is 16.2. The van der Waals surface area contributed by atoms with Gasteiger partial charge in [0, 0.05) is 17.5 Å². The van der Waals surface area contributed by atoms with Crippen LogP contribution in [0.4, 0.5) is 0 Å². The second-order valence-electron chi connectivity index (χ2n) is 6.84. The summed E-state index contributed by atoms with van der Waals surface area (Å²) in [5.74, 6) is -0.375. The fourth-order valence-corrected chi connectivity index (χ4v) is 2.30. The van der Waals surface area contributed by atoms with Crippen LogP contribution in [-0.2, 0) is 0 Å². The first-order valence-corrected chi connectivity index (χ1v) is 9.60. The molecule has 0 aliphatic heterocycles. The lowest BCUT2D eigenvalue weighted by Crippen LogP contribution is -2.42. The fourth-order valence-electron chi connectivity index (χ4n) is 2.30. The molecule has 0 atom stereocenters. The van der Waals surface area contributed by atoms with Gasteiger partial charge in [-0.05, 0) is 57.9 Å². The van der Waals surface area contributed by atoms with Crippen molar-refractivity contribution in [1.29, 1.82) is 5.26 Å². The number of pyridine rings is 2. The van der Waals surface area contributed by atoms with Crippen LogP contribution in [0.1, 0.15) is 69.7 Å². The van der Waals surface area contributed by atoms with Gasteiger partial charge in [-0.3, -0.25) is 9.78 Å². The molecule has 2 aromatic rings. The van der Waals surface area contributed by atoms with Crippen LogP contribution in [0.5, 0.6) is 0 Å². The summed E-state index contributed by atoms with van der Waals surface area (Å²) in [5.41, 5.74) is 4.11. The fraction of sp³-hybridized carbons (Fsp3) is 0.391. The zero-order valence-corrected chi connectivity index (χ0v) is 17.9. The van der Waals surface area contributed by atoms with E-state index >= 15 is 0 Å². The molecule has 0 radical (unpaired) electrons. The summed E-state index contributed by atoms with van der Waals surface area (Å²) in [6.07, 6.45) is 4.86. The van der Waals surface area contributed by atoms with Crippen molar-refractivity contribution in [2.75, 3.05) is 0 Å². The molecule has 5 nitrogen and oxygen atoms in total. The summed E-state index contributed by atoms with van der Waals surface area (Å²) < 4.78 is 0. The molecule has 0 spiro atoms. The van der Waals surface area contributed by atoms with Gasteiger partial charge in [0.25, 0.3) is 5.91 Å². The van der Waals surface area contributed by atoms with Gasteiger partial charge in [-0.1, -0.05) is 38.5 Å². The molecule has 1 amide bonds. The van der Waals surface area contributed by atoms with Gasteiger partial charge in [-0.25, -0.2) is 4.98 Å². The first kappa shape index (κ1) is 23.0. The Morgan fingerprint density at radius 3 is 2.61 bits per heavy atom. The van der Waals surface area contributed by atoms with E-state index in [1.54, 1.807) is 32.2 Å². The number of amides is 1. The molecule has 0 saturated heterocycles. The van der Waals surface area contributed by atoms with Gasteiger partial charge >= 0.3 is 0 Å². The van der Waals surface area contributed by atoms with Crippen molar-refractivity contribution in [2.24, 2.45) is 0 Å². The van der Waals surface area contributed by atoms with E-state index < -0.39 is 5.54 Å². The van der Waals surface area contributed by atoms with E-state index in [1.807, 2.05) is 39.0 Å². The first-order chi connectivity index (χ1) is 13.3. The van der Waals surface area contributed by atoms with Gasteiger partial charge in [0.1, 0.15) is 11.2 Å². The topological polar surface area (TPSA) is 78.7 Å². The second kappa shape index (κ2) is 10.4. The van der Waals surface area contributed by atoms with Crippen molar-refractivity contribution in [1.82, 2.24) is 15.3 Å². The van der Waals surface area contributed by atoms with E-state index in [-0.39, 0.29) is 11.6 Å². The van der Waals surface area contributed by atoms with E-state index in [0.717, 1.165) is 23.2 Å². The lowest BCUT2D eigenvalue weighted by atomic mass is 10.0. The molecule has 28 heavy (non-hydrogen) atoms. The Bertz CT molecular complexity index is 892. The number of allylic oxidation sites excluding steroid dienone is 1. The predicted molar refractivity (Wildman–Crippen MR) is 115 cm³/mol. The molecule has 2 rings (SSSR count). The Balaban J connectivity index is 0.00000190. The number of carbonyl (C=O) groups excluding carboxylic acids is 1. The molecule has 0 saturated carbocycles. The molecule has 0 aliphatic carbocycles. The monoisotopic (exact) mass is 378 g/mol. The van der Waals surface area contributed by atoms with Crippen LogP contribution >= 0.6 is 0 Å². The maximum Gasteiger partial charge on any atom is 0.271 e. The molecule has 0 aromatic carbocycles. The number of rotatable bonds is 5. The Morgan fingerprint density at radius 2 is 2.00 bits per heavy atom. The number of hydrogen-bond acceptors (Lipinski definition) is 4. The third kappa shape index (κ3) is 6.31. The quantitative estimate of drug-likeness (QED) is 0.763. The van der Waals surface area contributed by atoms with Gasteiger partial charge in [0.2, 0.25) is 0 Å². The number of aromatic nitrogens is 2. The molecule has 0 bridgehead atoms. The maximum atomic E-state index is 12.4. The molecular formula is C23H30N4O. The lowest BCUT2D eigenvalue weighted by Gasteiger charge is -2.17. The highest BCUT2D eigenvalue weighted by molar-refractivity contribution is 5.93. The zero-order valence-electron chi connectivity index (χ0n) is 17.9. The molecule has 148 valence electrons. The average Bonchev–Trinajstić information content (AvgIpc) is 2.70. The molecule has 0 fully saturated rings. The van der Waals surface area contributed by atoms with Gasteiger partial charge in [0.15, 0.2) is 0 Å². The summed E-state index contributed by atoms with van der Waals surface area (Å²) >= 11 is 0. The van der Waals surface area contributed by atoms with E-state index in [2.05, 4.69) is 35.2 Å². The SMILES string of the molecule is CC.CC/C(C)=C\c1cc(-c2cccc(C(=O)NC(C)(C)C#N)n2)cnc1C. The molecule has 2 aromatic heterocycles. The largest absolute Gasteiger partial charge is 0.333 e. The average molecular weight is 379 g/mol. The van der Waals surface area contributed by atoms with Crippen LogP contribution in [0.25, 0.3) is 17.3 Å². The minimum absolute atomic E-state index is 0.272. The Labute approximate surface area is 168 Å². The van der Waals surface area contributed by atoms with Crippen LogP contribution in [0.15, 0.2) is 36.0 Å². The third-order valence-corrected chi connectivity index (χ3v) is 4.07. The van der Waals surface area contributed by atoms with Crippen molar-refractivity contribution >= 4 is 12.0 Å². The Morgan fingerprint density at radius 1 is 1.32 bits per heavy atom. The number of nitriles is 1. The van der Waals surface area contributed by atoms with E-state index in [1.165, 1.54) is 5.57 Å². The normalized spacial score (nSPS) is 11.1. The Hall–Kier alpha value is -3.00. The number of aryl methyl sites for hydroxylation is 1. The smallest absolute Gasteiger partial charge is 0.271 e. The van der Waals surface area contributed by atoms with Crippen LogP contribution in [-0.4, -0.2) is 21.4 Å². The summed E-state index contributed by atoms with van der Waals surface area (Å²) in [4.78, 5) is 21.3. The minimum atomic E-state index is -0.949. The minimum Gasteiger partial charge on any atom is -0.333 e. The van der Waals surface area contributed by atoms with Gasteiger partial charge < -0.3 is 5.32 Å². The van der Waals surface area contributed by atoms with Gasteiger partial charge in [-0.15, -0.1) is 0 Å². The number of carbonyl (C=O) groups is 1. The standard InChI is InChI=1S/C21H24N4O.C2H6/c1-6-14(2)10-16-11-17(12-23-15(16)3)18-8-7-9-19(24-18)20(26)25-21(4,5)13-22;1-2/h7-12H,6H2,1-5H3,(H,25,26);1-2H3/b14-10-;. The van der Waals surface area contributed by atoms with Crippen molar-refractivity contribution < 1.29 is 4.79 Å². The maximum absolute atomic E-state index is 12.4. The van der Waals surface area contributed by atoms with Crippen molar-refractivity contribution in [3.63, 3.8) is 0 Å². The molecule has 5 heteroatoms. The second-order valence-corrected chi connectivity index (χ2v) is 6.84. The summed E-state index contributed by atoms with van der Waals surface area (Å²) in [7, 11) is 0. The van der Waals surface area contributed by atoms with Gasteiger partial charge in [-0.2, -0.15) is 5.26 Å². The number of nitrogens with one attached hydrogen (secondary N) is 1. The van der Waals surface area contributed by atoms with Crippen LogP contribution < -0.4 is 5.32 Å². The molecular weight excluding hydrogens is 348 g/mol. The van der Waals surface area contributed by atoms with E-state index in [9.17, 15) is 4.79 Å². The van der Waals surface area contributed by atoms with Crippen LogP contribution in [0, 0.1) is 18.3 Å². The van der Waals surface area contributed by atoms with Crippen molar-refractivity contribution in [3.05, 3.63) is 53.0 Å². The summed E-state index contributed by atoms with van der Waals surface area (Å²) in [6.45, 7) is 13.5. The Kier molecular flexibility index (Phi) is 8.53. The van der Waals surface area contributed by atoms with Gasteiger partial charge in [0.05, 0.1) is 11.8 Å². The molecule has 2 heterocycles. The van der Waals surface area contributed by atoms with E-state index in [0.29, 0.717) is 5.69 Å². The molecule has 0 unspecified atom stereocenters. The molecule has 1 N–H and O–H groups in total. The van der Waals surface area contributed by atoms with E-state index in [4.69, 9.17) is 5.26 Å². The van der Waals surface area contributed by atoms with Crippen LogP contribution in [0.2, 0.25) is 0 Å². The first-order valence-electron chi connectivity index (χ1n) is 9.60. The van der Waals surface area contributed by atoms with Crippen molar-refractivity contribution in [3.8, 4) is 17.3 Å². The summed E-state index contributed by atoms with van der Waals surface area (Å²) in [6, 6.07) is 9.34. The zero-order chi connectivity index (χ0) is 21.3. The van der Waals surface area contributed by atoms with Crippen molar-refractivity contribution in [2.45, 2.75) is 60.4 Å². The lowest BCUT2D eigenvalue weighted by molar-refractivity contribution is 0.0924. The number of nitrogens with zero attached hydrogens (tertiary/aromatic N) is 3.